The van der Waals surface area contributed by atoms with E-state index >= 15 is 0 Å². The lowest BCUT2D eigenvalue weighted by Gasteiger charge is -2.31. The van der Waals surface area contributed by atoms with Crippen molar-refractivity contribution in [1.82, 2.24) is 10.2 Å². The zero-order chi connectivity index (χ0) is 19.3. The summed E-state index contributed by atoms with van der Waals surface area (Å²) in [5.41, 5.74) is -0.866. The molecule has 1 atom stereocenters. The predicted octanol–water partition coefficient (Wildman–Crippen LogP) is 2.98. The second-order valence-corrected chi connectivity index (χ2v) is 6.26. The van der Waals surface area contributed by atoms with Crippen LogP contribution in [0.2, 0.25) is 0 Å². The molecule has 0 aliphatic carbocycles. The molecule has 1 aliphatic heterocycles. The maximum Gasteiger partial charge on any atom is 0.419 e. The van der Waals surface area contributed by atoms with Crippen LogP contribution in [-0.2, 0) is 11.0 Å². The molecule has 0 spiro atoms. The van der Waals surface area contributed by atoms with E-state index in [0.29, 0.717) is 25.9 Å². The Hall–Kier alpha value is -2.45. The van der Waals surface area contributed by atoms with E-state index in [2.05, 4.69) is 5.32 Å². The number of carboxylic acid groups (broad SMARTS) is 1. The molecule has 0 aromatic heterocycles. The summed E-state index contributed by atoms with van der Waals surface area (Å²) < 4.78 is 44.0. The molecule has 1 aromatic rings. The van der Waals surface area contributed by atoms with Crippen LogP contribution in [-0.4, -0.2) is 47.7 Å². The van der Waals surface area contributed by atoms with Crippen LogP contribution in [0.25, 0.3) is 0 Å². The minimum Gasteiger partial charge on any atom is -0.491 e. The maximum absolute atomic E-state index is 12.9. The molecule has 2 rings (SSSR count). The highest BCUT2D eigenvalue weighted by molar-refractivity contribution is 5.75. The quantitative estimate of drug-likeness (QED) is 0.831. The Morgan fingerprint density at radius 3 is 2.50 bits per heavy atom. The van der Waals surface area contributed by atoms with Crippen molar-refractivity contribution in [2.24, 2.45) is 5.92 Å². The molecular formula is C17H21F3N2O4. The highest BCUT2D eigenvalue weighted by Gasteiger charge is 2.34. The lowest BCUT2D eigenvalue weighted by Crippen LogP contribution is -2.49. The van der Waals surface area contributed by atoms with E-state index in [4.69, 9.17) is 9.84 Å². The fourth-order valence-electron chi connectivity index (χ4n) is 2.71. The van der Waals surface area contributed by atoms with E-state index in [9.17, 15) is 22.8 Å². The summed E-state index contributed by atoms with van der Waals surface area (Å²) in [5.74, 6) is -1.60. The van der Waals surface area contributed by atoms with Crippen LogP contribution in [0.4, 0.5) is 18.0 Å². The van der Waals surface area contributed by atoms with Crippen LogP contribution >= 0.6 is 0 Å². The third-order valence-corrected chi connectivity index (χ3v) is 4.18. The number of halogens is 3. The number of amides is 2. The number of piperidine rings is 1. The molecule has 1 aromatic carbocycles. The minimum atomic E-state index is -4.52. The summed E-state index contributed by atoms with van der Waals surface area (Å²) in [6.45, 7) is 2.16. The number of likely N-dealkylation sites (tertiary alicyclic amines) is 1. The van der Waals surface area contributed by atoms with Gasteiger partial charge in [-0.2, -0.15) is 13.2 Å². The van der Waals surface area contributed by atoms with Crippen LogP contribution in [0.3, 0.4) is 0 Å². The largest absolute Gasteiger partial charge is 0.491 e. The van der Waals surface area contributed by atoms with Crippen molar-refractivity contribution in [2.75, 3.05) is 19.7 Å². The molecule has 2 amide bonds. The first-order chi connectivity index (χ1) is 12.2. The second kappa shape index (κ2) is 8.29. The number of rotatable bonds is 5. The Kier molecular flexibility index (Phi) is 6.33. The third kappa shape index (κ3) is 5.27. The first kappa shape index (κ1) is 19.9. The van der Waals surface area contributed by atoms with Crippen molar-refractivity contribution < 1.29 is 32.6 Å². The Bertz CT molecular complexity index is 643. The fraction of sp³-hybridized carbons (Fsp3) is 0.529. The van der Waals surface area contributed by atoms with E-state index in [-0.39, 0.29) is 18.4 Å². The highest BCUT2D eigenvalue weighted by atomic mass is 19.4. The Labute approximate surface area is 148 Å². The molecule has 0 saturated carbocycles. The molecule has 1 unspecified atom stereocenters. The normalized spacial score (nSPS) is 16.8. The van der Waals surface area contributed by atoms with E-state index in [0.717, 1.165) is 6.07 Å². The van der Waals surface area contributed by atoms with Crippen molar-refractivity contribution in [3.05, 3.63) is 29.8 Å². The zero-order valence-electron chi connectivity index (χ0n) is 14.3. The molecule has 9 heteroatoms. The van der Waals surface area contributed by atoms with Gasteiger partial charge in [0.05, 0.1) is 17.5 Å². The van der Waals surface area contributed by atoms with Crippen molar-refractivity contribution in [1.29, 1.82) is 0 Å². The van der Waals surface area contributed by atoms with Crippen molar-refractivity contribution >= 4 is 12.0 Å². The highest BCUT2D eigenvalue weighted by Crippen LogP contribution is 2.35. The molecule has 26 heavy (non-hydrogen) atoms. The van der Waals surface area contributed by atoms with Gasteiger partial charge in [-0.15, -0.1) is 0 Å². The molecule has 0 bridgehead atoms. The van der Waals surface area contributed by atoms with Crippen molar-refractivity contribution in [3.63, 3.8) is 0 Å². The number of hydrogen-bond acceptors (Lipinski definition) is 3. The van der Waals surface area contributed by atoms with Gasteiger partial charge in [-0.25, -0.2) is 4.79 Å². The Balaban J connectivity index is 1.83. The lowest BCUT2D eigenvalue weighted by molar-refractivity contribution is -0.143. The third-order valence-electron chi connectivity index (χ3n) is 4.18. The minimum absolute atomic E-state index is 0.121. The number of aliphatic carboxylic acids is 1. The van der Waals surface area contributed by atoms with E-state index in [1.54, 1.807) is 6.92 Å². The van der Waals surface area contributed by atoms with Gasteiger partial charge in [0, 0.05) is 13.1 Å². The molecule has 1 fully saturated rings. The van der Waals surface area contributed by atoms with E-state index in [1.807, 2.05) is 0 Å². The van der Waals surface area contributed by atoms with Crippen LogP contribution < -0.4 is 10.1 Å². The Morgan fingerprint density at radius 1 is 1.31 bits per heavy atom. The first-order valence-electron chi connectivity index (χ1n) is 8.25. The molecular weight excluding hydrogens is 353 g/mol. The lowest BCUT2D eigenvalue weighted by atomic mass is 9.97. The van der Waals surface area contributed by atoms with Gasteiger partial charge in [0.15, 0.2) is 0 Å². The number of carboxylic acids is 1. The first-order valence-corrected chi connectivity index (χ1v) is 8.25. The number of para-hydroxylation sites is 1. The van der Waals surface area contributed by atoms with Crippen LogP contribution in [0, 0.1) is 5.92 Å². The SMILES string of the molecule is CC(COc1ccccc1C(F)(F)F)NC(=O)N1CCC(C(=O)O)CC1. The van der Waals surface area contributed by atoms with Gasteiger partial charge >= 0.3 is 18.2 Å². The number of hydrogen-bond donors (Lipinski definition) is 2. The second-order valence-electron chi connectivity index (χ2n) is 6.26. The fourth-order valence-corrected chi connectivity index (χ4v) is 2.71. The Morgan fingerprint density at radius 2 is 1.92 bits per heavy atom. The summed E-state index contributed by atoms with van der Waals surface area (Å²) in [6.07, 6.45) is -3.75. The molecule has 0 radical (unpaired) electrons. The number of carbonyl (C=O) groups excluding carboxylic acids is 1. The number of nitrogens with one attached hydrogen (secondary N) is 1. The van der Waals surface area contributed by atoms with Gasteiger partial charge in [-0.3, -0.25) is 4.79 Å². The number of benzene rings is 1. The van der Waals surface area contributed by atoms with Crippen molar-refractivity contribution in [3.8, 4) is 5.75 Å². The number of alkyl halides is 3. The monoisotopic (exact) mass is 374 g/mol. The van der Waals surface area contributed by atoms with Crippen LogP contribution in [0.1, 0.15) is 25.3 Å². The van der Waals surface area contributed by atoms with Crippen LogP contribution in [0.15, 0.2) is 24.3 Å². The summed E-state index contributed by atoms with van der Waals surface area (Å²) >= 11 is 0. The average molecular weight is 374 g/mol. The smallest absolute Gasteiger partial charge is 0.419 e. The summed E-state index contributed by atoms with van der Waals surface area (Å²) in [4.78, 5) is 24.6. The number of ether oxygens (including phenoxy) is 1. The molecule has 6 nitrogen and oxygen atoms in total. The van der Waals surface area contributed by atoms with Crippen LogP contribution in [0.5, 0.6) is 5.75 Å². The maximum atomic E-state index is 12.9. The van der Waals surface area contributed by atoms with Gasteiger partial charge in [0.2, 0.25) is 0 Å². The topological polar surface area (TPSA) is 78.9 Å². The summed E-state index contributed by atoms with van der Waals surface area (Å²) in [5, 5.41) is 11.6. The molecule has 1 saturated heterocycles. The van der Waals surface area contributed by atoms with E-state index in [1.165, 1.54) is 23.1 Å². The molecule has 144 valence electrons. The van der Waals surface area contributed by atoms with Gasteiger partial charge < -0.3 is 20.1 Å². The average Bonchev–Trinajstić information content (AvgIpc) is 2.59. The number of urea groups is 1. The van der Waals surface area contributed by atoms with Gasteiger partial charge in [0.25, 0.3) is 0 Å². The number of nitrogens with zero attached hydrogens (tertiary/aromatic N) is 1. The van der Waals surface area contributed by atoms with Gasteiger partial charge in [-0.05, 0) is 31.9 Å². The standard InChI is InChI=1S/C17H21F3N2O4/c1-11(10-26-14-5-3-2-4-13(14)17(18,19)20)21-16(25)22-8-6-12(7-9-22)15(23)24/h2-5,11-12H,6-10H2,1H3,(H,21,25)(H,23,24). The molecule has 2 N–H and O–H groups in total. The zero-order valence-corrected chi connectivity index (χ0v) is 14.3. The molecule has 1 heterocycles. The molecule has 1 aliphatic rings. The predicted molar refractivity (Wildman–Crippen MR) is 86.9 cm³/mol. The summed E-state index contributed by atoms with van der Waals surface area (Å²) in [6, 6.07) is 4.00. The van der Waals surface area contributed by atoms with Gasteiger partial charge in [-0.1, -0.05) is 12.1 Å². The van der Waals surface area contributed by atoms with Gasteiger partial charge in [0.1, 0.15) is 12.4 Å². The van der Waals surface area contributed by atoms with E-state index < -0.39 is 29.7 Å². The summed E-state index contributed by atoms with van der Waals surface area (Å²) in [7, 11) is 0. The number of carbonyl (C=O) groups is 2. The van der Waals surface area contributed by atoms with Crippen molar-refractivity contribution in [2.45, 2.75) is 32.0 Å².